The molecular weight excluding hydrogens is 285 g/mol. The summed E-state index contributed by atoms with van der Waals surface area (Å²) < 4.78 is 13.7. The van der Waals surface area contributed by atoms with E-state index >= 15 is 0 Å². The summed E-state index contributed by atoms with van der Waals surface area (Å²) in [5, 5.41) is 2.64. The molecule has 0 saturated carbocycles. The largest absolute Gasteiger partial charge is 0.321 e. The molecule has 0 spiro atoms. The molecule has 0 bridgehead atoms. The highest BCUT2D eigenvalue weighted by Gasteiger charge is 2.08. The molecule has 2 nitrogen and oxygen atoms in total. The van der Waals surface area contributed by atoms with E-state index in [1.54, 1.807) is 30.3 Å². The van der Waals surface area contributed by atoms with Crippen LogP contribution in [0.3, 0.4) is 0 Å². The lowest BCUT2D eigenvalue weighted by Crippen LogP contribution is -2.12. The predicted molar refractivity (Wildman–Crippen MR) is 68.5 cm³/mol. The van der Waals surface area contributed by atoms with Crippen molar-refractivity contribution in [3.63, 3.8) is 0 Å². The van der Waals surface area contributed by atoms with Crippen molar-refractivity contribution in [3.05, 3.63) is 64.4 Å². The van der Waals surface area contributed by atoms with Crippen LogP contribution >= 0.6 is 15.9 Å². The summed E-state index contributed by atoms with van der Waals surface area (Å²) in [5.41, 5.74) is 0.947. The van der Waals surface area contributed by atoms with Crippen molar-refractivity contribution < 1.29 is 9.18 Å². The van der Waals surface area contributed by atoms with E-state index in [9.17, 15) is 9.18 Å². The Labute approximate surface area is 107 Å². The third kappa shape index (κ3) is 2.91. The average Bonchev–Trinajstić information content (AvgIpc) is 2.35. The van der Waals surface area contributed by atoms with Crippen LogP contribution in [0.4, 0.5) is 10.1 Å². The van der Waals surface area contributed by atoms with Crippen molar-refractivity contribution in [1.82, 2.24) is 0 Å². The molecule has 0 fully saturated rings. The lowest BCUT2D eigenvalue weighted by atomic mass is 10.2. The molecule has 1 amide bonds. The van der Waals surface area contributed by atoms with Crippen molar-refractivity contribution in [3.8, 4) is 0 Å². The topological polar surface area (TPSA) is 29.1 Å². The maximum Gasteiger partial charge on any atom is 0.255 e. The van der Waals surface area contributed by atoms with Gasteiger partial charge in [0.1, 0.15) is 5.82 Å². The van der Waals surface area contributed by atoms with Gasteiger partial charge in [-0.15, -0.1) is 0 Å². The highest BCUT2D eigenvalue weighted by Crippen LogP contribution is 2.23. The molecule has 1 N–H and O–H groups in total. The van der Waals surface area contributed by atoms with Crippen LogP contribution in [0, 0.1) is 5.82 Å². The molecule has 0 heterocycles. The zero-order valence-electron chi connectivity index (χ0n) is 8.78. The lowest BCUT2D eigenvalue weighted by Gasteiger charge is -2.07. The van der Waals surface area contributed by atoms with Gasteiger partial charge in [-0.2, -0.15) is 0 Å². The van der Waals surface area contributed by atoms with E-state index < -0.39 is 5.82 Å². The average molecular weight is 294 g/mol. The Hall–Kier alpha value is -1.68. The first-order valence-corrected chi connectivity index (χ1v) is 5.77. The zero-order valence-corrected chi connectivity index (χ0v) is 10.4. The molecule has 0 unspecified atom stereocenters. The van der Waals surface area contributed by atoms with Crippen molar-refractivity contribution in [1.29, 1.82) is 0 Å². The Kier molecular flexibility index (Phi) is 3.54. The van der Waals surface area contributed by atoms with Crippen LogP contribution < -0.4 is 5.32 Å². The number of amides is 1. The van der Waals surface area contributed by atoms with Gasteiger partial charge in [0, 0.05) is 10.0 Å². The fourth-order valence-corrected chi connectivity index (χ4v) is 1.72. The summed E-state index contributed by atoms with van der Waals surface area (Å²) in [6.07, 6.45) is 0. The summed E-state index contributed by atoms with van der Waals surface area (Å²) in [5.74, 6) is -0.659. The molecule has 0 atom stereocenters. The van der Waals surface area contributed by atoms with Crippen molar-refractivity contribution in [2.45, 2.75) is 0 Å². The van der Waals surface area contributed by atoms with Gasteiger partial charge in [-0.1, -0.05) is 18.2 Å². The Balaban J connectivity index is 2.22. The van der Waals surface area contributed by atoms with Crippen LogP contribution in [0.5, 0.6) is 0 Å². The molecule has 0 aromatic heterocycles. The summed E-state index contributed by atoms with van der Waals surface area (Å²) in [4.78, 5) is 11.8. The number of carbonyl (C=O) groups is 1. The fraction of sp³-hybridized carbons (Fsp3) is 0. The quantitative estimate of drug-likeness (QED) is 0.895. The second-order valence-corrected chi connectivity index (χ2v) is 4.30. The number of hydrogen-bond donors (Lipinski definition) is 1. The van der Waals surface area contributed by atoms with Crippen LogP contribution in [-0.2, 0) is 0 Å². The summed E-state index contributed by atoms with van der Waals surface area (Å²) in [7, 11) is 0. The van der Waals surface area contributed by atoms with Crippen LogP contribution in [0.15, 0.2) is 53.0 Å². The van der Waals surface area contributed by atoms with Gasteiger partial charge < -0.3 is 5.32 Å². The number of halogens is 2. The van der Waals surface area contributed by atoms with Crippen LogP contribution in [0.2, 0.25) is 0 Å². The van der Waals surface area contributed by atoms with E-state index in [1.165, 1.54) is 12.1 Å². The van der Waals surface area contributed by atoms with E-state index in [0.717, 1.165) is 0 Å². The Morgan fingerprint density at radius 2 is 1.82 bits per heavy atom. The summed E-state index contributed by atoms with van der Waals surface area (Å²) in [6, 6.07) is 12.9. The van der Waals surface area contributed by atoms with Gasteiger partial charge >= 0.3 is 0 Å². The molecule has 2 rings (SSSR count). The summed E-state index contributed by atoms with van der Waals surface area (Å²) in [6.45, 7) is 0. The predicted octanol–water partition coefficient (Wildman–Crippen LogP) is 3.84. The van der Waals surface area contributed by atoms with Crippen LogP contribution in [0.1, 0.15) is 10.4 Å². The highest BCUT2D eigenvalue weighted by molar-refractivity contribution is 9.10. The Morgan fingerprint density at radius 1 is 1.12 bits per heavy atom. The smallest absolute Gasteiger partial charge is 0.255 e. The number of rotatable bonds is 2. The van der Waals surface area contributed by atoms with Gasteiger partial charge in [0.05, 0.1) is 5.69 Å². The van der Waals surface area contributed by atoms with Crippen molar-refractivity contribution in [2.24, 2.45) is 0 Å². The normalized spacial score (nSPS) is 10.0. The molecule has 86 valence electrons. The highest BCUT2D eigenvalue weighted by atomic mass is 79.9. The summed E-state index contributed by atoms with van der Waals surface area (Å²) >= 11 is 3.25. The molecule has 0 saturated heterocycles. The Morgan fingerprint density at radius 3 is 2.53 bits per heavy atom. The van der Waals surface area contributed by atoms with E-state index in [4.69, 9.17) is 0 Å². The molecule has 0 aliphatic carbocycles. The van der Waals surface area contributed by atoms with E-state index in [1.807, 2.05) is 6.07 Å². The minimum Gasteiger partial charge on any atom is -0.321 e. The lowest BCUT2D eigenvalue weighted by molar-refractivity contribution is 0.102. The third-order valence-corrected chi connectivity index (χ3v) is 2.90. The number of nitrogens with one attached hydrogen (secondary N) is 1. The van der Waals surface area contributed by atoms with Gasteiger partial charge in [-0.05, 0) is 46.3 Å². The maximum absolute atomic E-state index is 13.0. The molecule has 2 aromatic carbocycles. The van der Waals surface area contributed by atoms with E-state index in [-0.39, 0.29) is 5.91 Å². The number of carbonyl (C=O) groups excluding carboxylic acids is 1. The van der Waals surface area contributed by atoms with Gasteiger partial charge in [-0.25, -0.2) is 4.39 Å². The standard InChI is InChI=1S/C13H9BrFNO/c14-11-7-6-10(15)8-12(11)16-13(17)9-4-2-1-3-5-9/h1-8H,(H,16,17). The first kappa shape index (κ1) is 11.8. The minimum atomic E-state index is -0.392. The fourth-order valence-electron chi connectivity index (χ4n) is 1.38. The molecule has 17 heavy (non-hydrogen) atoms. The van der Waals surface area contributed by atoms with Gasteiger partial charge in [0.2, 0.25) is 0 Å². The van der Waals surface area contributed by atoms with Gasteiger partial charge in [0.25, 0.3) is 5.91 Å². The second kappa shape index (κ2) is 5.10. The first-order chi connectivity index (χ1) is 8.16. The van der Waals surface area contributed by atoms with Crippen molar-refractivity contribution in [2.75, 3.05) is 5.32 Å². The third-order valence-electron chi connectivity index (χ3n) is 2.21. The molecule has 4 heteroatoms. The number of benzene rings is 2. The second-order valence-electron chi connectivity index (χ2n) is 3.44. The molecule has 0 radical (unpaired) electrons. The van der Waals surface area contributed by atoms with Gasteiger partial charge in [-0.3, -0.25) is 4.79 Å². The number of hydrogen-bond acceptors (Lipinski definition) is 1. The Bertz CT molecular complexity index is 542. The number of anilines is 1. The monoisotopic (exact) mass is 293 g/mol. The maximum atomic E-state index is 13.0. The SMILES string of the molecule is O=C(Nc1cc(F)ccc1Br)c1ccccc1. The zero-order chi connectivity index (χ0) is 12.3. The van der Waals surface area contributed by atoms with Crippen molar-refractivity contribution >= 4 is 27.5 Å². The molecule has 2 aromatic rings. The van der Waals surface area contributed by atoms with Crippen LogP contribution in [-0.4, -0.2) is 5.91 Å². The molecular formula is C13H9BrFNO. The molecule has 0 aliphatic rings. The van der Waals surface area contributed by atoms with Gasteiger partial charge in [0.15, 0.2) is 0 Å². The van der Waals surface area contributed by atoms with E-state index in [2.05, 4.69) is 21.2 Å². The minimum absolute atomic E-state index is 0.267. The van der Waals surface area contributed by atoms with Crippen LogP contribution in [0.25, 0.3) is 0 Å². The van der Waals surface area contributed by atoms with E-state index in [0.29, 0.717) is 15.7 Å². The first-order valence-electron chi connectivity index (χ1n) is 4.98. The molecule has 0 aliphatic heterocycles.